The van der Waals surface area contributed by atoms with Gasteiger partial charge < -0.3 is 21.4 Å². The van der Waals surface area contributed by atoms with E-state index in [1.807, 2.05) is 20.8 Å². The molecule has 0 aliphatic carbocycles. The lowest BCUT2D eigenvalue weighted by molar-refractivity contribution is 0.0938. The van der Waals surface area contributed by atoms with Gasteiger partial charge in [-0.25, -0.2) is 4.98 Å². The molecule has 0 aliphatic rings. The second-order valence-electron chi connectivity index (χ2n) is 10.5. The Labute approximate surface area is 225 Å². The highest BCUT2D eigenvalue weighted by atomic mass is 16.2. The number of H-pyrrole nitrogens is 1. The maximum absolute atomic E-state index is 13.4. The third-order valence-corrected chi connectivity index (χ3v) is 6.17. The maximum Gasteiger partial charge on any atom is 0.272 e. The van der Waals surface area contributed by atoms with Crippen LogP contribution in [0.15, 0.2) is 65.6 Å². The van der Waals surface area contributed by atoms with Crippen molar-refractivity contribution in [2.75, 3.05) is 17.6 Å². The van der Waals surface area contributed by atoms with Crippen molar-refractivity contribution >= 4 is 39.9 Å². The number of hydrogen-bond donors (Lipinski definition) is 4. The zero-order valence-corrected chi connectivity index (χ0v) is 22.3. The molecule has 0 saturated carbocycles. The Morgan fingerprint density at radius 2 is 1.69 bits per heavy atom. The molecule has 0 saturated heterocycles. The Balaban J connectivity index is 1.73. The van der Waals surface area contributed by atoms with E-state index in [4.69, 9.17) is 5.73 Å². The van der Waals surface area contributed by atoms with Gasteiger partial charge in [0.25, 0.3) is 11.8 Å². The summed E-state index contributed by atoms with van der Waals surface area (Å²) in [6.45, 7) is 8.22. The number of nitrogen functional groups attached to an aromatic ring is 1. The first-order valence-electron chi connectivity index (χ1n) is 12.6. The van der Waals surface area contributed by atoms with Crippen molar-refractivity contribution in [2.45, 2.75) is 34.1 Å². The van der Waals surface area contributed by atoms with E-state index in [0.717, 1.165) is 10.8 Å². The van der Waals surface area contributed by atoms with Crippen molar-refractivity contribution in [1.29, 1.82) is 0 Å². The number of benzene rings is 2. The predicted molar refractivity (Wildman–Crippen MR) is 153 cm³/mol. The largest absolute Gasteiger partial charge is 0.383 e. The van der Waals surface area contributed by atoms with E-state index in [9.17, 15) is 19.2 Å². The van der Waals surface area contributed by atoms with Crippen LogP contribution >= 0.6 is 0 Å². The molecule has 2 amide bonds. The number of amides is 2. The summed E-state index contributed by atoms with van der Waals surface area (Å²) in [4.78, 5) is 58.1. The minimum Gasteiger partial charge on any atom is -0.383 e. The lowest BCUT2D eigenvalue weighted by Gasteiger charge is -2.19. The molecule has 2 aromatic carbocycles. The van der Waals surface area contributed by atoms with E-state index in [1.165, 1.54) is 18.2 Å². The molecular formula is C30H31N5O4. The van der Waals surface area contributed by atoms with Gasteiger partial charge in [-0.05, 0) is 58.8 Å². The van der Waals surface area contributed by atoms with Gasteiger partial charge in [0, 0.05) is 53.0 Å². The highest BCUT2D eigenvalue weighted by molar-refractivity contribution is 6.11. The third-order valence-electron chi connectivity index (χ3n) is 6.17. The van der Waals surface area contributed by atoms with Crippen LogP contribution in [0.4, 0.5) is 11.5 Å². The van der Waals surface area contributed by atoms with Crippen LogP contribution in [0.5, 0.6) is 0 Å². The van der Waals surface area contributed by atoms with Crippen molar-refractivity contribution in [3.8, 4) is 11.1 Å². The molecular weight excluding hydrogens is 494 g/mol. The molecule has 9 nitrogen and oxygen atoms in total. The van der Waals surface area contributed by atoms with Crippen LogP contribution in [0.3, 0.4) is 0 Å². The summed E-state index contributed by atoms with van der Waals surface area (Å²) in [5, 5.41) is 7.24. The first-order valence-corrected chi connectivity index (χ1v) is 12.6. The molecule has 0 spiro atoms. The van der Waals surface area contributed by atoms with Gasteiger partial charge in [0.1, 0.15) is 11.5 Å². The van der Waals surface area contributed by atoms with Crippen molar-refractivity contribution in [3.05, 3.63) is 88.0 Å². The van der Waals surface area contributed by atoms with E-state index >= 15 is 0 Å². The van der Waals surface area contributed by atoms with Crippen molar-refractivity contribution in [3.63, 3.8) is 0 Å². The molecule has 0 aliphatic heterocycles. The second-order valence-corrected chi connectivity index (χ2v) is 10.5. The monoisotopic (exact) mass is 525 g/mol. The van der Waals surface area contributed by atoms with Crippen LogP contribution in [0, 0.1) is 5.41 Å². The summed E-state index contributed by atoms with van der Waals surface area (Å²) >= 11 is 0. The zero-order chi connectivity index (χ0) is 28.3. The number of rotatable bonds is 7. The van der Waals surface area contributed by atoms with Crippen LogP contribution in [-0.2, 0) is 0 Å². The van der Waals surface area contributed by atoms with Gasteiger partial charge in [0.2, 0.25) is 5.56 Å². The molecule has 5 N–H and O–H groups in total. The topological polar surface area (TPSA) is 147 Å². The van der Waals surface area contributed by atoms with Gasteiger partial charge in [-0.1, -0.05) is 33.8 Å². The quantitative estimate of drug-likeness (QED) is 0.255. The molecule has 0 atom stereocenters. The van der Waals surface area contributed by atoms with Gasteiger partial charge in [0.15, 0.2) is 5.78 Å². The fraction of sp³-hybridized carbons (Fsp3) is 0.233. The SMILES string of the molecule is CCC(=O)c1cc(C(=O)NCC(C)(C)C)ccc1-c1ccc(=O)[nH]c1C(=O)Nc1ccc2c(N)nccc2c1. The summed E-state index contributed by atoms with van der Waals surface area (Å²) in [5.74, 6) is -0.684. The highest BCUT2D eigenvalue weighted by Crippen LogP contribution is 2.29. The number of carbonyl (C=O) groups excluding carboxylic acids is 3. The average Bonchev–Trinajstić information content (AvgIpc) is 2.90. The third kappa shape index (κ3) is 6.20. The number of fused-ring (bicyclic) bond motifs is 1. The van der Waals surface area contributed by atoms with Gasteiger partial charge in [-0.3, -0.25) is 19.2 Å². The Kier molecular flexibility index (Phi) is 7.62. The van der Waals surface area contributed by atoms with Crippen molar-refractivity contribution in [1.82, 2.24) is 15.3 Å². The van der Waals surface area contributed by atoms with Gasteiger partial charge in [-0.2, -0.15) is 0 Å². The molecule has 0 bridgehead atoms. The minimum atomic E-state index is -0.564. The fourth-order valence-corrected chi connectivity index (χ4v) is 4.14. The number of ketones is 1. The molecule has 9 heteroatoms. The summed E-state index contributed by atoms with van der Waals surface area (Å²) < 4.78 is 0. The molecule has 0 radical (unpaired) electrons. The minimum absolute atomic E-state index is 0.00748. The number of nitrogens with one attached hydrogen (secondary N) is 3. The number of carbonyl (C=O) groups is 3. The van der Waals surface area contributed by atoms with Crippen LogP contribution in [0.1, 0.15) is 65.3 Å². The summed E-state index contributed by atoms with van der Waals surface area (Å²) in [7, 11) is 0. The van der Waals surface area contributed by atoms with Crippen molar-refractivity contribution < 1.29 is 14.4 Å². The fourth-order valence-electron chi connectivity index (χ4n) is 4.14. The Hall–Kier alpha value is -4.79. The smallest absolute Gasteiger partial charge is 0.272 e. The molecule has 4 rings (SSSR count). The normalized spacial score (nSPS) is 11.3. The van der Waals surface area contributed by atoms with E-state index in [2.05, 4.69) is 20.6 Å². The van der Waals surface area contributed by atoms with Crippen LogP contribution in [0.25, 0.3) is 21.9 Å². The van der Waals surface area contributed by atoms with Crippen LogP contribution in [0.2, 0.25) is 0 Å². The Bertz CT molecular complexity index is 1650. The standard InChI is InChI=1S/C30H31N5O4/c1-5-24(36)23-15-18(28(38)33-16-30(2,3)4)6-8-21(23)22-10-11-25(37)35-26(22)29(39)34-19-7-9-20-17(14-19)12-13-32-27(20)31/h6-15H,5,16H2,1-4H3,(H2,31,32)(H,33,38)(H,34,39)(H,35,37). The van der Waals surface area contributed by atoms with E-state index in [-0.39, 0.29) is 34.8 Å². The number of nitrogens with two attached hydrogens (primary N) is 1. The maximum atomic E-state index is 13.4. The number of hydrogen-bond acceptors (Lipinski definition) is 6. The number of aromatic amines is 1. The Morgan fingerprint density at radius 3 is 2.41 bits per heavy atom. The molecule has 0 fully saturated rings. The molecule has 200 valence electrons. The van der Waals surface area contributed by atoms with Gasteiger partial charge in [-0.15, -0.1) is 0 Å². The first kappa shape index (κ1) is 27.3. The highest BCUT2D eigenvalue weighted by Gasteiger charge is 2.21. The Morgan fingerprint density at radius 1 is 0.949 bits per heavy atom. The predicted octanol–water partition coefficient (Wildman–Crippen LogP) is 4.79. The molecule has 2 aromatic heterocycles. The van der Waals surface area contributed by atoms with Crippen LogP contribution < -0.4 is 21.9 Å². The van der Waals surface area contributed by atoms with E-state index < -0.39 is 11.5 Å². The molecule has 0 unspecified atom stereocenters. The number of pyridine rings is 2. The van der Waals surface area contributed by atoms with Crippen LogP contribution in [-0.4, -0.2) is 34.1 Å². The number of nitrogens with zero attached hydrogens (tertiary/aromatic N) is 1. The number of aromatic nitrogens is 2. The molecule has 2 heterocycles. The van der Waals surface area contributed by atoms with Gasteiger partial charge >= 0.3 is 0 Å². The molecule has 4 aromatic rings. The van der Waals surface area contributed by atoms with E-state index in [1.54, 1.807) is 49.5 Å². The lowest BCUT2D eigenvalue weighted by Crippen LogP contribution is -2.32. The van der Waals surface area contributed by atoms with E-state index in [0.29, 0.717) is 34.7 Å². The summed E-state index contributed by atoms with van der Waals surface area (Å²) in [6.07, 6.45) is 1.77. The lowest BCUT2D eigenvalue weighted by atomic mass is 9.92. The number of Topliss-reactive ketones (excluding diaryl/α,β-unsaturated/α-hetero) is 1. The molecule has 39 heavy (non-hydrogen) atoms. The first-order chi connectivity index (χ1) is 18.5. The zero-order valence-electron chi connectivity index (χ0n) is 22.3. The van der Waals surface area contributed by atoms with Gasteiger partial charge in [0.05, 0.1) is 0 Å². The summed E-state index contributed by atoms with van der Waals surface area (Å²) in [5.41, 5.74) is 7.25. The summed E-state index contributed by atoms with van der Waals surface area (Å²) in [6, 6.07) is 14.5. The number of anilines is 2. The average molecular weight is 526 g/mol. The second kappa shape index (κ2) is 10.9. The van der Waals surface area contributed by atoms with Crippen molar-refractivity contribution in [2.24, 2.45) is 5.41 Å².